The summed E-state index contributed by atoms with van der Waals surface area (Å²) in [5, 5.41) is 39.5. The number of aliphatic hydroxyl groups is 3. The van der Waals surface area contributed by atoms with Crippen molar-refractivity contribution >= 4 is 11.9 Å². The van der Waals surface area contributed by atoms with E-state index in [1.807, 2.05) is 0 Å². The Kier molecular flexibility index (Phi) is 16.4. The predicted octanol–water partition coefficient (Wildman–Crippen LogP) is 3.70. The van der Waals surface area contributed by atoms with Crippen LogP contribution in [0.2, 0.25) is 0 Å². The Morgan fingerprint density at radius 2 is 1.31 bits per heavy atom. The SMILES string of the molecule is CCCCCCCC(CC(=O)O)OC(=O)CC(CCCCCCC)O[C@H]1O[C@@H](C)[C@H](O)[C@@H](O)[C@H]1O. The Morgan fingerprint density at radius 3 is 1.86 bits per heavy atom. The number of hydrogen-bond donors (Lipinski definition) is 4. The summed E-state index contributed by atoms with van der Waals surface area (Å²) >= 11 is 0. The monoisotopic (exact) mass is 504 g/mol. The summed E-state index contributed by atoms with van der Waals surface area (Å²) < 4.78 is 17.0. The third kappa shape index (κ3) is 13.0. The van der Waals surface area contributed by atoms with Gasteiger partial charge in [0.25, 0.3) is 0 Å². The minimum absolute atomic E-state index is 0.112. The zero-order valence-electron chi connectivity index (χ0n) is 21.8. The zero-order chi connectivity index (χ0) is 26.2. The molecule has 0 aromatic rings. The quantitative estimate of drug-likeness (QED) is 0.153. The maximum absolute atomic E-state index is 12.7. The van der Waals surface area contributed by atoms with Crippen LogP contribution < -0.4 is 0 Å². The van der Waals surface area contributed by atoms with Crippen LogP contribution >= 0.6 is 0 Å². The van der Waals surface area contributed by atoms with Gasteiger partial charge in [-0.2, -0.15) is 0 Å². The van der Waals surface area contributed by atoms with Crippen molar-refractivity contribution in [2.24, 2.45) is 0 Å². The smallest absolute Gasteiger partial charge is 0.308 e. The number of ether oxygens (including phenoxy) is 3. The standard InChI is InChI=1S/C26H48O9/c1-4-6-8-10-12-14-19(16-21(27)28)34-22(29)17-20(15-13-11-9-7-5-2)35-26-25(32)24(31)23(30)18(3)33-26/h18-20,23-26,30-32H,4-17H2,1-3H3,(H,27,28)/t18-,19?,20?,23-,24+,25+,26+/m0/s1. The van der Waals surface area contributed by atoms with Gasteiger partial charge in [-0.3, -0.25) is 9.59 Å². The van der Waals surface area contributed by atoms with E-state index in [-0.39, 0.29) is 12.8 Å². The van der Waals surface area contributed by atoms with E-state index in [0.29, 0.717) is 12.8 Å². The number of rotatable bonds is 19. The van der Waals surface area contributed by atoms with E-state index in [4.69, 9.17) is 14.2 Å². The number of carbonyl (C=O) groups excluding carboxylic acids is 1. The molecule has 0 spiro atoms. The van der Waals surface area contributed by atoms with Gasteiger partial charge in [-0.15, -0.1) is 0 Å². The lowest BCUT2D eigenvalue weighted by atomic mass is 9.99. The molecule has 0 bridgehead atoms. The minimum Gasteiger partial charge on any atom is -0.481 e. The number of carbonyl (C=O) groups is 2. The Labute approximate surface area is 210 Å². The summed E-state index contributed by atoms with van der Waals surface area (Å²) in [5.74, 6) is -1.57. The molecule has 35 heavy (non-hydrogen) atoms. The highest BCUT2D eigenvalue weighted by Gasteiger charge is 2.43. The van der Waals surface area contributed by atoms with Crippen LogP contribution in [0.25, 0.3) is 0 Å². The summed E-state index contributed by atoms with van der Waals surface area (Å²) in [6, 6.07) is 0. The molecule has 9 nitrogen and oxygen atoms in total. The molecule has 0 radical (unpaired) electrons. The molecule has 1 fully saturated rings. The number of unbranched alkanes of at least 4 members (excludes halogenated alkanes) is 8. The van der Waals surface area contributed by atoms with Crippen molar-refractivity contribution in [3.05, 3.63) is 0 Å². The molecule has 7 atom stereocenters. The molecule has 9 heteroatoms. The molecule has 0 saturated carbocycles. The van der Waals surface area contributed by atoms with Crippen molar-refractivity contribution in [3.63, 3.8) is 0 Å². The second-order valence-corrected chi connectivity index (χ2v) is 9.76. The minimum atomic E-state index is -1.46. The van der Waals surface area contributed by atoms with Gasteiger partial charge in [0.05, 0.1) is 25.0 Å². The van der Waals surface area contributed by atoms with E-state index >= 15 is 0 Å². The van der Waals surface area contributed by atoms with Crippen LogP contribution in [0.3, 0.4) is 0 Å². The van der Waals surface area contributed by atoms with Crippen LogP contribution in [-0.2, 0) is 23.8 Å². The lowest BCUT2D eigenvalue weighted by molar-refractivity contribution is -0.304. The molecule has 0 aromatic carbocycles. The highest BCUT2D eigenvalue weighted by molar-refractivity contribution is 5.72. The summed E-state index contributed by atoms with van der Waals surface area (Å²) in [6.07, 6.45) is 3.42. The average molecular weight is 505 g/mol. The van der Waals surface area contributed by atoms with Crippen molar-refractivity contribution < 1.29 is 44.2 Å². The fourth-order valence-corrected chi connectivity index (χ4v) is 4.30. The number of esters is 1. The molecular weight excluding hydrogens is 456 g/mol. The maximum Gasteiger partial charge on any atom is 0.308 e. The highest BCUT2D eigenvalue weighted by atomic mass is 16.7. The predicted molar refractivity (Wildman–Crippen MR) is 131 cm³/mol. The second kappa shape index (κ2) is 18.1. The topological polar surface area (TPSA) is 143 Å². The average Bonchev–Trinajstić information content (AvgIpc) is 2.80. The van der Waals surface area contributed by atoms with Gasteiger partial charge in [-0.25, -0.2) is 0 Å². The molecule has 1 heterocycles. The Balaban J connectivity index is 2.72. The number of carboxylic acids is 1. The van der Waals surface area contributed by atoms with E-state index in [1.165, 1.54) is 0 Å². The van der Waals surface area contributed by atoms with Gasteiger partial charge in [0.15, 0.2) is 6.29 Å². The van der Waals surface area contributed by atoms with Gasteiger partial charge in [0.1, 0.15) is 24.4 Å². The highest BCUT2D eigenvalue weighted by Crippen LogP contribution is 2.25. The Bertz CT molecular complexity index is 585. The van der Waals surface area contributed by atoms with Crippen LogP contribution in [0.4, 0.5) is 0 Å². The fraction of sp³-hybridized carbons (Fsp3) is 0.923. The summed E-state index contributed by atoms with van der Waals surface area (Å²) in [6.45, 7) is 5.82. The van der Waals surface area contributed by atoms with Crippen molar-refractivity contribution in [2.45, 2.75) is 154 Å². The van der Waals surface area contributed by atoms with E-state index in [0.717, 1.165) is 64.2 Å². The van der Waals surface area contributed by atoms with Crippen molar-refractivity contribution in [3.8, 4) is 0 Å². The molecule has 1 rings (SSSR count). The normalized spacial score (nSPS) is 26.3. The largest absolute Gasteiger partial charge is 0.481 e. The van der Waals surface area contributed by atoms with Crippen LogP contribution in [0.5, 0.6) is 0 Å². The summed E-state index contributed by atoms with van der Waals surface area (Å²) in [4.78, 5) is 24.0. The van der Waals surface area contributed by atoms with Crippen LogP contribution in [0.15, 0.2) is 0 Å². The third-order valence-electron chi connectivity index (χ3n) is 6.49. The Morgan fingerprint density at radius 1 is 0.771 bits per heavy atom. The van der Waals surface area contributed by atoms with E-state index in [2.05, 4.69) is 13.8 Å². The number of carboxylic acid groups (broad SMARTS) is 1. The zero-order valence-corrected chi connectivity index (χ0v) is 21.8. The lowest BCUT2D eigenvalue weighted by Gasteiger charge is -2.40. The van der Waals surface area contributed by atoms with Gasteiger partial charge in [-0.1, -0.05) is 71.6 Å². The second-order valence-electron chi connectivity index (χ2n) is 9.76. The van der Waals surface area contributed by atoms with E-state index in [1.54, 1.807) is 6.92 Å². The van der Waals surface area contributed by atoms with E-state index in [9.17, 15) is 30.0 Å². The molecule has 0 amide bonds. The van der Waals surface area contributed by atoms with Crippen molar-refractivity contribution in [2.75, 3.05) is 0 Å². The van der Waals surface area contributed by atoms with E-state index < -0.39 is 54.9 Å². The molecule has 1 aliphatic rings. The maximum atomic E-state index is 12.7. The molecule has 1 aliphatic heterocycles. The molecule has 2 unspecified atom stereocenters. The first-order valence-corrected chi connectivity index (χ1v) is 13.5. The fourth-order valence-electron chi connectivity index (χ4n) is 4.30. The van der Waals surface area contributed by atoms with Crippen LogP contribution in [0, 0.1) is 0 Å². The van der Waals surface area contributed by atoms with Crippen LogP contribution in [-0.4, -0.2) is 75.3 Å². The molecule has 4 N–H and O–H groups in total. The van der Waals surface area contributed by atoms with Gasteiger partial charge < -0.3 is 34.6 Å². The van der Waals surface area contributed by atoms with Gasteiger partial charge >= 0.3 is 11.9 Å². The van der Waals surface area contributed by atoms with Gasteiger partial charge in [0, 0.05) is 0 Å². The molecule has 0 aromatic heterocycles. The van der Waals surface area contributed by atoms with Crippen molar-refractivity contribution in [1.82, 2.24) is 0 Å². The first kappa shape index (κ1) is 31.8. The number of aliphatic carboxylic acids is 1. The number of hydrogen-bond acceptors (Lipinski definition) is 8. The third-order valence-corrected chi connectivity index (χ3v) is 6.49. The van der Waals surface area contributed by atoms with Gasteiger partial charge in [0.2, 0.25) is 0 Å². The first-order chi connectivity index (χ1) is 16.7. The molecule has 1 saturated heterocycles. The Hall–Kier alpha value is -1.26. The first-order valence-electron chi connectivity index (χ1n) is 13.5. The number of aliphatic hydroxyl groups excluding tert-OH is 3. The van der Waals surface area contributed by atoms with Gasteiger partial charge in [-0.05, 0) is 26.2 Å². The molecule has 206 valence electrons. The lowest BCUT2D eigenvalue weighted by Crippen LogP contribution is -2.58. The van der Waals surface area contributed by atoms with Crippen molar-refractivity contribution in [1.29, 1.82) is 0 Å². The van der Waals surface area contributed by atoms with Crippen LogP contribution in [0.1, 0.15) is 111 Å². The molecular formula is C26H48O9. The summed E-state index contributed by atoms with van der Waals surface area (Å²) in [5.41, 5.74) is 0. The summed E-state index contributed by atoms with van der Waals surface area (Å²) in [7, 11) is 0. The molecule has 0 aliphatic carbocycles.